The fraction of sp³-hybridized carbons (Fsp3) is 0.562. The maximum absolute atomic E-state index is 9.88. The number of likely N-dealkylation sites (N-methyl/N-ethyl adjacent to an activating group) is 1. The third-order valence-corrected chi connectivity index (χ3v) is 3.77. The average molecular weight is 274 g/mol. The molecule has 1 aliphatic heterocycles. The molecule has 1 N–H and O–H groups in total. The van der Waals surface area contributed by atoms with Crippen LogP contribution in [0.5, 0.6) is 0 Å². The Bertz CT molecular complexity index is 488. The van der Waals surface area contributed by atoms with Crippen LogP contribution >= 0.6 is 0 Å². The molecule has 0 saturated carbocycles. The third kappa shape index (κ3) is 3.50. The smallest absolute Gasteiger partial charge is 0.0992 e. The summed E-state index contributed by atoms with van der Waals surface area (Å²) in [4.78, 5) is 2.08. The van der Waals surface area contributed by atoms with Gasteiger partial charge in [0.25, 0.3) is 0 Å². The van der Waals surface area contributed by atoms with Gasteiger partial charge >= 0.3 is 0 Å². The number of nitriles is 1. The number of hydrogen-bond donors (Lipinski definition) is 1. The monoisotopic (exact) mass is 274 g/mol. The third-order valence-electron chi connectivity index (χ3n) is 3.77. The van der Waals surface area contributed by atoms with Gasteiger partial charge in [-0.25, -0.2) is 0 Å². The number of aliphatic hydroxyl groups excluding tert-OH is 1. The molecule has 1 saturated heterocycles. The molecule has 0 spiro atoms. The summed E-state index contributed by atoms with van der Waals surface area (Å²) in [7, 11) is 1.99. The van der Waals surface area contributed by atoms with Crippen LogP contribution in [0, 0.1) is 11.3 Å². The summed E-state index contributed by atoms with van der Waals surface area (Å²) in [6, 6.07) is 7.57. The number of hydrogen-bond acceptors (Lipinski definition) is 4. The molecule has 1 aromatic rings. The van der Waals surface area contributed by atoms with E-state index in [2.05, 4.69) is 11.0 Å². The normalized spacial score (nSPS) is 20.2. The first-order chi connectivity index (χ1) is 9.61. The molecule has 4 heteroatoms. The van der Waals surface area contributed by atoms with Crippen molar-refractivity contribution in [3.05, 3.63) is 29.3 Å². The Hall–Kier alpha value is -1.57. The van der Waals surface area contributed by atoms with Gasteiger partial charge < -0.3 is 14.7 Å². The highest BCUT2D eigenvalue weighted by atomic mass is 16.5. The minimum absolute atomic E-state index is 0.237. The topological polar surface area (TPSA) is 56.5 Å². The molecular formula is C16H22N2O2. The van der Waals surface area contributed by atoms with Crippen LogP contribution in [0.4, 0.5) is 5.69 Å². The van der Waals surface area contributed by atoms with Gasteiger partial charge in [0, 0.05) is 31.5 Å². The van der Waals surface area contributed by atoms with Crippen LogP contribution in [0.2, 0.25) is 0 Å². The first kappa shape index (κ1) is 14.8. The predicted molar refractivity (Wildman–Crippen MR) is 78.7 cm³/mol. The van der Waals surface area contributed by atoms with Crippen molar-refractivity contribution in [2.45, 2.75) is 38.4 Å². The van der Waals surface area contributed by atoms with Gasteiger partial charge in [0.05, 0.1) is 23.8 Å². The van der Waals surface area contributed by atoms with Gasteiger partial charge in [-0.15, -0.1) is 0 Å². The predicted octanol–water partition coefficient (Wildman–Crippen LogP) is 2.62. The van der Waals surface area contributed by atoms with Gasteiger partial charge in [0.1, 0.15) is 0 Å². The second-order valence-corrected chi connectivity index (χ2v) is 5.43. The van der Waals surface area contributed by atoms with Crippen molar-refractivity contribution in [2.24, 2.45) is 0 Å². The Kier molecular flexibility index (Phi) is 4.99. The molecule has 2 unspecified atom stereocenters. The fourth-order valence-corrected chi connectivity index (χ4v) is 2.65. The standard InChI is InChI=1S/C16H22N2O2/c1-12(19)15-7-6-13(10-17)9-16(15)18(2)11-14-5-3-4-8-20-14/h6-7,9,12,14,19H,3-5,8,11H2,1-2H3. The number of nitrogens with zero attached hydrogens (tertiary/aromatic N) is 2. The maximum Gasteiger partial charge on any atom is 0.0992 e. The summed E-state index contributed by atoms with van der Waals surface area (Å²) in [5.74, 6) is 0. The lowest BCUT2D eigenvalue weighted by atomic mass is 10.0. The van der Waals surface area contributed by atoms with E-state index in [1.165, 1.54) is 6.42 Å². The summed E-state index contributed by atoms with van der Waals surface area (Å²) in [6.07, 6.45) is 3.11. The number of benzene rings is 1. The van der Waals surface area contributed by atoms with E-state index in [1.807, 2.05) is 19.2 Å². The van der Waals surface area contributed by atoms with Gasteiger partial charge in [-0.05, 0) is 38.3 Å². The van der Waals surface area contributed by atoms with Gasteiger partial charge in [0.15, 0.2) is 0 Å². The lowest BCUT2D eigenvalue weighted by molar-refractivity contribution is 0.0215. The van der Waals surface area contributed by atoms with Crippen LogP contribution in [-0.4, -0.2) is 31.4 Å². The number of rotatable bonds is 4. The molecule has 0 radical (unpaired) electrons. The lowest BCUT2D eigenvalue weighted by Gasteiger charge is -2.30. The average Bonchev–Trinajstić information content (AvgIpc) is 2.47. The van der Waals surface area contributed by atoms with Crippen molar-refractivity contribution in [3.8, 4) is 6.07 Å². The van der Waals surface area contributed by atoms with E-state index in [0.717, 1.165) is 37.2 Å². The Morgan fingerprint density at radius 2 is 2.30 bits per heavy atom. The highest BCUT2D eigenvalue weighted by Crippen LogP contribution is 2.28. The molecule has 0 bridgehead atoms. The molecule has 20 heavy (non-hydrogen) atoms. The summed E-state index contributed by atoms with van der Waals surface area (Å²) >= 11 is 0. The minimum atomic E-state index is -0.549. The number of anilines is 1. The minimum Gasteiger partial charge on any atom is -0.389 e. The Balaban J connectivity index is 2.18. The zero-order valence-corrected chi connectivity index (χ0v) is 12.2. The van der Waals surface area contributed by atoms with E-state index in [9.17, 15) is 5.11 Å². The second kappa shape index (κ2) is 6.74. The second-order valence-electron chi connectivity index (χ2n) is 5.43. The van der Waals surface area contributed by atoms with E-state index in [-0.39, 0.29) is 6.10 Å². The fourth-order valence-electron chi connectivity index (χ4n) is 2.65. The molecule has 108 valence electrons. The molecule has 1 heterocycles. The SMILES string of the molecule is CC(O)c1ccc(C#N)cc1N(C)CC1CCCCO1. The van der Waals surface area contributed by atoms with Crippen LogP contribution in [0.1, 0.15) is 43.4 Å². The highest BCUT2D eigenvalue weighted by molar-refractivity contribution is 5.58. The van der Waals surface area contributed by atoms with Crippen LogP contribution in [-0.2, 0) is 4.74 Å². The van der Waals surface area contributed by atoms with E-state index in [1.54, 1.807) is 13.0 Å². The van der Waals surface area contributed by atoms with Crippen LogP contribution in [0.3, 0.4) is 0 Å². The summed E-state index contributed by atoms with van der Waals surface area (Å²) in [5, 5.41) is 18.9. The first-order valence-corrected chi connectivity index (χ1v) is 7.16. The summed E-state index contributed by atoms with van der Waals surface area (Å²) in [6.45, 7) is 3.37. The van der Waals surface area contributed by atoms with Gasteiger partial charge in [-0.3, -0.25) is 0 Å². The van der Waals surface area contributed by atoms with Gasteiger partial charge in [0.2, 0.25) is 0 Å². The number of ether oxygens (including phenoxy) is 1. The Morgan fingerprint density at radius 3 is 2.90 bits per heavy atom. The lowest BCUT2D eigenvalue weighted by Crippen LogP contribution is -2.34. The van der Waals surface area contributed by atoms with Crippen LogP contribution in [0.25, 0.3) is 0 Å². The maximum atomic E-state index is 9.88. The van der Waals surface area contributed by atoms with E-state index < -0.39 is 6.10 Å². The molecular weight excluding hydrogens is 252 g/mol. The van der Waals surface area contributed by atoms with E-state index >= 15 is 0 Å². The zero-order chi connectivity index (χ0) is 14.5. The van der Waals surface area contributed by atoms with Crippen molar-refractivity contribution in [1.29, 1.82) is 5.26 Å². The Labute approximate surface area is 120 Å². The largest absolute Gasteiger partial charge is 0.389 e. The van der Waals surface area contributed by atoms with Gasteiger partial charge in [-0.1, -0.05) is 6.07 Å². The zero-order valence-electron chi connectivity index (χ0n) is 12.2. The molecule has 2 rings (SSSR count). The molecule has 1 aliphatic rings. The first-order valence-electron chi connectivity index (χ1n) is 7.16. The van der Waals surface area contributed by atoms with E-state index in [4.69, 9.17) is 10.00 Å². The Morgan fingerprint density at radius 1 is 1.50 bits per heavy atom. The van der Waals surface area contributed by atoms with Crippen LogP contribution < -0.4 is 4.90 Å². The summed E-state index contributed by atoms with van der Waals surface area (Å²) < 4.78 is 5.76. The number of aliphatic hydroxyl groups is 1. The van der Waals surface area contributed by atoms with Crippen molar-refractivity contribution in [3.63, 3.8) is 0 Å². The summed E-state index contributed by atoms with van der Waals surface area (Å²) in [5.41, 5.74) is 2.37. The van der Waals surface area contributed by atoms with E-state index in [0.29, 0.717) is 5.56 Å². The highest BCUT2D eigenvalue weighted by Gasteiger charge is 2.19. The van der Waals surface area contributed by atoms with Crippen molar-refractivity contribution >= 4 is 5.69 Å². The van der Waals surface area contributed by atoms with Crippen molar-refractivity contribution < 1.29 is 9.84 Å². The molecule has 0 amide bonds. The van der Waals surface area contributed by atoms with Crippen molar-refractivity contribution in [1.82, 2.24) is 0 Å². The molecule has 1 fully saturated rings. The molecule has 1 aromatic carbocycles. The molecule has 0 aliphatic carbocycles. The van der Waals surface area contributed by atoms with Gasteiger partial charge in [-0.2, -0.15) is 5.26 Å². The molecule has 4 nitrogen and oxygen atoms in total. The van der Waals surface area contributed by atoms with Crippen LogP contribution in [0.15, 0.2) is 18.2 Å². The van der Waals surface area contributed by atoms with Crippen molar-refractivity contribution in [2.75, 3.05) is 25.1 Å². The molecule has 0 aromatic heterocycles. The quantitative estimate of drug-likeness (QED) is 0.917. The molecule has 2 atom stereocenters.